The number of hydrogen-bond donors (Lipinski definition) is 1. The van der Waals surface area contributed by atoms with Gasteiger partial charge >= 0.3 is 0 Å². The molecule has 0 amide bonds. The summed E-state index contributed by atoms with van der Waals surface area (Å²) in [6.45, 7) is 0. The number of alkyl halides is 2. The molecule has 86 valence electrons. The van der Waals surface area contributed by atoms with Crippen LogP contribution in [0.15, 0.2) is 11.0 Å². The van der Waals surface area contributed by atoms with Crippen LogP contribution in [-0.4, -0.2) is 13.4 Å². The highest BCUT2D eigenvalue weighted by atomic mass is 35.5. The molecular formula is C7H4ClF2N3O2S. The highest BCUT2D eigenvalue weighted by molar-refractivity contribution is 7.89. The lowest BCUT2D eigenvalue weighted by molar-refractivity contribution is 0.142. The predicted octanol–water partition coefficient (Wildman–Crippen LogP) is 1.19. The van der Waals surface area contributed by atoms with Crippen LogP contribution < -0.4 is 5.14 Å². The molecule has 0 fully saturated rings. The minimum Gasteiger partial charge on any atom is -0.234 e. The number of rotatable bonds is 2. The summed E-state index contributed by atoms with van der Waals surface area (Å²) in [6.07, 6.45) is -3.20. The molecule has 0 radical (unpaired) electrons. The molecule has 0 aliphatic rings. The minimum atomic E-state index is -4.46. The van der Waals surface area contributed by atoms with E-state index in [1.54, 1.807) is 0 Å². The SMILES string of the molecule is N#Cc1cc(Cl)nc(C(F)F)c1S(N)(=O)=O. The fourth-order valence-electron chi connectivity index (χ4n) is 1.05. The van der Waals surface area contributed by atoms with Crippen LogP contribution in [0.5, 0.6) is 0 Å². The standard InChI is InChI=1S/C7H4ClF2N3O2S/c8-4-1-3(2-11)6(16(12,14)15)5(13-4)7(9)10/h1,7H,(H2,12,14,15). The van der Waals surface area contributed by atoms with Gasteiger partial charge in [-0.15, -0.1) is 0 Å². The Labute approximate surface area is 94.5 Å². The zero-order chi connectivity index (χ0) is 12.5. The lowest BCUT2D eigenvalue weighted by Crippen LogP contribution is -2.17. The Hall–Kier alpha value is -1.30. The van der Waals surface area contributed by atoms with Crippen LogP contribution in [0.3, 0.4) is 0 Å². The molecule has 0 atom stereocenters. The number of pyridine rings is 1. The van der Waals surface area contributed by atoms with Gasteiger partial charge in [0.1, 0.15) is 21.8 Å². The number of nitrogens with zero attached hydrogens (tertiary/aromatic N) is 2. The lowest BCUT2D eigenvalue weighted by Gasteiger charge is -2.07. The van der Waals surface area contributed by atoms with E-state index in [-0.39, 0.29) is 0 Å². The van der Waals surface area contributed by atoms with E-state index in [1.165, 1.54) is 6.07 Å². The number of nitriles is 1. The van der Waals surface area contributed by atoms with Crippen molar-refractivity contribution in [2.45, 2.75) is 11.3 Å². The Morgan fingerprint density at radius 2 is 2.12 bits per heavy atom. The van der Waals surface area contributed by atoms with E-state index in [2.05, 4.69) is 4.98 Å². The van der Waals surface area contributed by atoms with Crippen LogP contribution in [0.4, 0.5) is 8.78 Å². The van der Waals surface area contributed by atoms with Crippen LogP contribution in [0, 0.1) is 11.3 Å². The van der Waals surface area contributed by atoms with Crippen molar-refractivity contribution in [2.24, 2.45) is 5.14 Å². The second kappa shape index (κ2) is 4.29. The maximum absolute atomic E-state index is 12.5. The van der Waals surface area contributed by atoms with Gasteiger partial charge in [-0.2, -0.15) is 5.26 Å². The van der Waals surface area contributed by atoms with E-state index in [4.69, 9.17) is 22.0 Å². The van der Waals surface area contributed by atoms with Gasteiger partial charge in [0.2, 0.25) is 10.0 Å². The third-order valence-electron chi connectivity index (χ3n) is 1.58. The van der Waals surface area contributed by atoms with E-state index in [0.717, 1.165) is 6.07 Å². The van der Waals surface area contributed by atoms with Gasteiger partial charge in [-0.05, 0) is 6.07 Å². The van der Waals surface area contributed by atoms with Crippen molar-refractivity contribution in [1.29, 1.82) is 5.26 Å². The van der Waals surface area contributed by atoms with Crippen molar-refractivity contribution in [3.05, 3.63) is 22.5 Å². The van der Waals surface area contributed by atoms with Gasteiger partial charge in [-0.1, -0.05) is 11.6 Å². The number of sulfonamides is 1. The highest BCUT2D eigenvalue weighted by Crippen LogP contribution is 2.28. The monoisotopic (exact) mass is 267 g/mol. The van der Waals surface area contributed by atoms with Crippen molar-refractivity contribution < 1.29 is 17.2 Å². The summed E-state index contributed by atoms with van der Waals surface area (Å²) in [4.78, 5) is 2.16. The smallest absolute Gasteiger partial charge is 0.234 e. The summed E-state index contributed by atoms with van der Waals surface area (Å²) >= 11 is 5.36. The van der Waals surface area contributed by atoms with Crippen molar-refractivity contribution >= 4 is 21.6 Å². The maximum Gasteiger partial charge on any atom is 0.281 e. The van der Waals surface area contributed by atoms with Gasteiger partial charge in [0.05, 0.1) is 5.56 Å². The number of aromatic nitrogens is 1. The van der Waals surface area contributed by atoms with Gasteiger partial charge in [0, 0.05) is 0 Å². The number of hydrogen-bond acceptors (Lipinski definition) is 4. The topological polar surface area (TPSA) is 96.8 Å². The molecule has 0 spiro atoms. The second-order valence-corrected chi connectivity index (χ2v) is 4.55. The molecular weight excluding hydrogens is 264 g/mol. The van der Waals surface area contributed by atoms with Crippen molar-refractivity contribution in [3.8, 4) is 6.07 Å². The van der Waals surface area contributed by atoms with Crippen LogP contribution >= 0.6 is 11.6 Å². The van der Waals surface area contributed by atoms with Crippen LogP contribution in [0.1, 0.15) is 17.7 Å². The van der Waals surface area contributed by atoms with Gasteiger partial charge in [0.25, 0.3) is 6.43 Å². The van der Waals surface area contributed by atoms with Gasteiger partial charge < -0.3 is 0 Å². The largest absolute Gasteiger partial charge is 0.281 e. The lowest BCUT2D eigenvalue weighted by atomic mass is 10.2. The highest BCUT2D eigenvalue weighted by Gasteiger charge is 2.27. The van der Waals surface area contributed by atoms with E-state index in [0.29, 0.717) is 0 Å². The molecule has 2 N–H and O–H groups in total. The molecule has 1 heterocycles. The molecule has 0 bridgehead atoms. The molecule has 0 aliphatic carbocycles. The number of nitrogens with two attached hydrogens (primary N) is 1. The van der Waals surface area contributed by atoms with Gasteiger partial charge in [0.15, 0.2) is 0 Å². The quantitative estimate of drug-likeness (QED) is 0.814. The third kappa shape index (κ3) is 2.44. The second-order valence-electron chi connectivity index (χ2n) is 2.66. The van der Waals surface area contributed by atoms with Gasteiger partial charge in [-0.3, -0.25) is 0 Å². The van der Waals surface area contributed by atoms with Crippen molar-refractivity contribution in [1.82, 2.24) is 4.98 Å². The fourth-order valence-corrected chi connectivity index (χ4v) is 2.09. The van der Waals surface area contributed by atoms with Crippen LogP contribution in [0.2, 0.25) is 5.15 Å². The Morgan fingerprint density at radius 1 is 1.56 bits per heavy atom. The molecule has 9 heteroatoms. The van der Waals surface area contributed by atoms with Crippen LogP contribution in [0.25, 0.3) is 0 Å². The third-order valence-corrected chi connectivity index (χ3v) is 2.77. The van der Waals surface area contributed by atoms with Crippen molar-refractivity contribution in [2.75, 3.05) is 0 Å². The molecule has 0 saturated carbocycles. The van der Waals surface area contributed by atoms with Gasteiger partial charge in [-0.25, -0.2) is 27.3 Å². The predicted molar refractivity (Wildman–Crippen MR) is 50.3 cm³/mol. The number of halogens is 3. The first-order valence-corrected chi connectivity index (χ1v) is 5.61. The first-order valence-electron chi connectivity index (χ1n) is 3.69. The molecule has 0 unspecified atom stereocenters. The zero-order valence-electron chi connectivity index (χ0n) is 7.49. The summed E-state index contributed by atoms with van der Waals surface area (Å²) in [5.41, 5.74) is -1.68. The Bertz CT molecular complexity index is 568. The summed E-state index contributed by atoms with van der Waals surface area (Å²) in [5, 5.41) is 12.9. The molecule has 1 aromatic heterocycles. The Balaban J connectivity index is 3.74. The minimum absolute atomic E-state index is 0.403. The average Bonchev–Trinajstić information content (AvgIpc) is 2.14. The summed E-state index contributed by atoms with van der Waals surface area (Å²) in [6, 6.07) is 2.28. The molecule has 16 heavy (non-hydrogen) atoms. The maximum atomic E-state index is 12.5. The molecule has 1 aromatic rings. The molecule has 0 saturated heterocycles. The molecule has 0 aromatic carbocycles. The first kappa shape index (κ1) is 12.8. The summed E-state index contributed by atoms with van der Waals surface area (Å²) in [7, 11) is -4.46. The fraction of sp³-hybridized carbons (Fsp3) is 0.143. The molecule has 5 nitrogen and oxygen atoms in total. The van der Waals surface area contributed by atoms with E-state index < -0.39 is 37.8 Å². The van der Waals surface area contributed by atoms with E-state index in [1.807, 2.05) is 0 Å². The molecule has 0 aliphatic heterocycles. The van der Waals surface area contributed by atoms with E-state index in [9.17, 15) is 17.2 Å². The normalized spacial score (nSPS) is 11.5. The summed E-state index contributed by atoms with van der Waals surface area (Å²) < 4.78 is 47.1. The number of primary sulfonamides is 1. The average molecular weight is 268 g/mol. The molecule has 1 rings (SSSR count). The Morgan fingerprint density at radius 3 is 2.50 bits per heavy atom. The summed E-state index contributed by atoms with van der Waals surface area (Å²) in [5.74, 6) is 0. The van der Waals surface area contributed by atoms with E-state index >= 15 is 0 Å². The Kier molecular flexibility index (Phi) is 3.42. The van der Waals surface area contributed by atoms with Crippen LogP contribution in [-0.2, 0) is 10.0 Å². The first-order chi connectivity index (χ1) is 7.27. The van der Waals surface area contributed by atoms with Crippen molar-refractivity contribution in [3.63, 3.8) is 0 Å². The zero-order valence-corrected chi connectivity index (χ0v) is 9.06.